The SMILES string of the molecule is CNCC1CCCCN1C1CSCC(C)(C)C1. The van der Waals surface area contributed by atoms with Crippen molar-refractivity contribution < 1.29 is 0 Å². The first kappa shape index (κ1) is 13.7. The Balaban J connectivity index is 1.98. The van der Waals surface area contributed by atoms with Gasteiger partial charge in [-0.15, -0.1) is 0 Å². The molecule has 2 unspecified atom stereocenters. The minimum atomic E-state index is 0.537. The van der Waals surface area contributed by atoms with Crippen LogP contribution in [0.15, 0.2) is 0 Å². The van der Waals surface area contributed by atoms with E-state index in [1.165, 1.54) is 50.3 Å². The van der Waals surface area contributed by atoms with Crippen molar-refractivity contribution in [3.8, 4) is 0 Å². The second-order valence-electron chi connectivity index (χ2n) is 6.48. The number of piperidine rings is 1. The van der Waals surface area contributed by atoms with E-state index in [0.717, 1.165) is 12.1 Å². The highest BCUT2D eigenvalue weighted by atomic mass is 32.2. The molecule has 2 atom stereocenters. The van der Waals surface area contributed by atoms with Crippen LogP contribution >= 0.6 is 11.8 Å². The van der Waals surface area contributed by atoms with Crippen LogP contribution in [-0.2, 0) is 0 Å². The summed E-state index contributed by atoms with van der Waals surface area (Å²) in [6, 6.07) is 1.61. The molecule has 0 spiro atoms. The van der Waals surface area contributed by atoms with E-state index in [2.05, 4.69) is 42.9 Å². The number of nitrogens with one attached hydrogen (secondary N) is 1. The number of likely N-dealkylation sites (tertiary alicyclic amines) is 1. The Kier molecular flexibility index (Phi) is 4.79. The van der Waals surface area contributed by atoms with Crippen molar-refractivity contribution in [2.75, 3.05) is 31.6 Å². The predicted octanol–water partition coefficient (Wildman–Crippen LogP) is 2.59. The van der Waals surface area contributed by atoms with Gasteiger partial charge in [-0.05, 0) is 44.0 Å². The first-order valence-electron chi connectivity index (χ1n) is 7.10. The monoisotopic (exact) mass is 256 g/mol. The third-order valence-corrected chi connectivity index (χ3v) is 5.78. The van der Waals surface area contributed by atoms with E-state index in [1.54, 1.807) is 0 Å². The number of nitrogens with zero attached hydrogens (tertiary/aromatic N) is 1. The lowest BCUT2D eigenvalue weighted by molar-refractivity contribution is 0.0796. The number of hydrogen-bond donors (Lipinski definition) is 1. The summed E-state index contributed by atoms with van der Waals surface area (Å²) in [5, 5.41) is 3.38. The highest BCUT2D eigenvalue weighted by Crippen LogP contribution is 2.37. The highest BCUT2D eigenvalue weighted by Gasteiger charge is 2.35. The zero-order valence-corrected chi connectivity index (χ0v) is 12.5. The molecule has 0 aliphatic carbocycles. The van der Waals surface area contributed by atoms with Crippen molar-refractivity contribution in [3.05, 3.63) is 0 Å². The molecule has 2 heterocycles. The van der Waals surface area contributed by atoms with Gasteiger partial charge in [-0.1, -0.05) is 20.3 Å². The van der Waals surface area contributed by atoms with Crippen LogP contribution < -0.4 is 5.32 Å². The highest BCUT2D eigenvalue weighted by molar-refractivity contribution is 7.99. The average molecular weight is 256 g/mol. The summed E-state index contributed by atoms with van der Waals surface area (Å²) in [5.41, 5.74) is 0.537. The summed E-state index contributed by atoms with van der Waals surface area (Å²) in [4.78, 5) is 2.81. The molecule has 1 N–H and O–H groups in total. The van der Waals surface area contributed by atoms with Crippen LogP contribution in [0, 0.1) is 5.41 Å². The Morgan fingerprint density at radius 2 is 2.18 bits per heavy atom. The number of hydrogen-bond acceptors (Lipinski definition) is 3. The lowest BCUT2D eigenvalue weighted by Gasteiger charge is -2.46. The molecule has 0 aromatic heterocycles. The fourth-order valence-electron chi connectivity index (χ4n) is 3.40. The van der Waals surface area contributed by atoms with Crippen LogP contribution in [0.2, 0.25) is 0 Å². The lowest BCUT2D eigenvalue weighted by Crippen LogP contribution is -2.53. The van der Waals surface area contributed by atoms with Gasteiger partial charge in [0.05, 0.1) is 0 Å². The van der Waals surface area contributed by atoms with Crippen LogP contribution in [0.25, 0.3) is 0 Å². The smallest absolute Gasteiger partial charge is 0.0223 e. The molecule has 0 bridgehead atoms. The van der Waals surface area contributed by atoms with E-state index in [0.29, 0.717) is 5.41 Å². The van der Waals surface area contributed by atoms with Gasteiger partial charge in [-0.3, -0.25) is 4.90 Å². The van der Waals surface area contributed by atoms with E-state index in [-0.39, 0.29) is 0 Å². The van der Waals surface area contributed by atoms with E-state index in [9.17, 15) is 0 Å². The van der Waals surface area contributed by atoms with E-state index in [1.807, 2.05) is 0 Å². The summed E-state index contributed by atoms with van der Waals surface area (Å²) in [5.74, 6) is 2.69. The Morgan fingerprint density at radius 3 is 2.88 bits per heavy atom. The summed E-state index contributed by atoms with van der Waals surface area (Å²) in [6.07, 6.45) is 5.61. The molecule has 0 radical (unpaired) electrons. The van der Waals surface area contributed by atoms with Crippen molar-refractivity contribution in [3.63, 3.8) is 0 Å². The maximum absolute atomic E-state index is 3.38. The summed E-state index contributed by atoms with van der Waals surface area (Å²) in [7, 11) is 2.09. The molecule has 0 aromatic rings. The molecule has 2 rings (SSSR count). The zero-order chi connectivity index (χ0) is 12.3. The summed E-state index contributed by atoms with van der Waals surface area (Å²) in [6.45, 7) is 7.36. The number of likely N-dealkylation sites (N-methyl/N-ethyl adjacent to an activating group) is 1. The topological polar surface area (TPSA) is 15.3 Å². The van der Waals surface area contributed by atoms with E-state index >= 15 is 0 Å². The molecule has 2 fully saturated rings. The molecule has 0 amide bonds. The number of rotatable bonds is 3. The second kappa shape index (κ2) is 5.94. The maximum Gasteiger partial charge on any atom is 0.0223 e. The molecular weight excluding hydrogens is 228 g/mol. The molecule has 2 aliphatic heterocycles. The van der Waals surface area contributed by atoms with Crippen molar-refractivity contribution in [1.82, 2.24) is 10.2 Å². The molecule has 0 aromatic carbocycles. The van der Waals surface area contributed by atoms with Gasteiger partial charge in [0.25, 0.3) is 0 Å². The van der Waals surface area contributed by atoms with Crippen LogP contribution in [0.5, 0.6) is 0 Å². The first-order chi connectivity index (χ1) is 8.12. The largest absolute Gasteiger partial charge is 0.318 e. The number of thioether (sulfide) groups is 1. The average Bonchev–Trinajstić information content (AvgIpc) is 2.29. The van der Waals surface area contributed by atoms with Crippen LogP contribution in [0.4, 0.5) is 0 Å². The maximum atomic E-state index is 3.38. The molecule has 0 saturated carbocycles. The molecule has 2 nitrogen and oxygen atoms in total. The first-order valence-corrected chi connectivity index (χ1v) is 8.26. The Morgan fingerprint density at radius 1 is 1.35 bits per heavy atom. The minimum Gasteiger partial charge on any atom is -0.318 e. The van der Waals surface area contributed by atoms with Gasteiger partial charge in [0.15, 0.2) is 0 Å². The van der Waals surface area contributed by atoms with Crippen molar-refractivity contribution >= 4 is 11.8 Å². The summed E-state index contributed by atoms with van der Waals surface area (Å²) >= 11 is 2.16. The fourth-order valence-corrected chi connectivity index (χ4v) is 4.77. The van der Waals surface area contributed by atoms with E-state index < -0.39 is 0 Å². The van der Waals surface area contributed by atoms with Gasteiger partial charge in [0.1, 0.15) is 0 Å². The van der Waals surface area contributed by atoms with Gasteiger partial charge in [-0.2, -0.15) is 11.8 Å². The van der Waals surface area contributed by atoms with Gasteiger partial charge in [0, 0.05) is 24.4 Å². The van der Waals surface area contributed by atoms with Crippen molar-refractivity contribution in [1.29, 1.82) is 0 Å². The van der Waals surface area contributed by atoms with Crippen molar-refractivity contribution in [2.45, 2.75) is 51.6 Å². The predicted molar refractivity (Wildman–Crippen MR) is 77.8 cm³/mol. The van der Waals surface area contributed by atoms with Gasteiger partial charge in [-0.25, -0.2) is 0 Å². The minimum absolute atomic E-state index is 0.537. The molecule has 3 heteroatoms. The second-order valence-corrected chi connectivity index (χ2v) is 7.51. The Hall–Kier alpha value is 0.270. The van der Waals surface area contributed by atoms with Gasteiger partial charge in [0.2, 0.25) is 0 Å². The van der Waals surface area contributed by atoms with Crippen LogP contribution in [-0.4, -0.2) is 48.6 Å². The molecule has 17 heavy (non-hydrogen) atoms. The van der Waals surface area contributed by atoms with Crippen molar-refractivity contribution in [2.24, 2.45) is 5.41 Å². The molecular formula is C14H28N2S. The summed E-state index contributed by atoms with van der Waals surface area (Å²) < 4.78 is 0. The van der Waals surface area contributed by atoms with E-state index in [4.69, 9.17) is 0 Å². The quantitative estimate of drug-likeness (QED) is 0.835. The fraction of sp³-hybridized carbons (Fsp3) is 1.00. The Labute approximate surface area is 111 Å². The van der Waals surface area contributed by atoms with Crippen LogP contribution in [0.1, 0.15) is 39.5 Å². The molecule has 2 saturated heterocycles. The zero-order valence-electron chi connectivity index (χ0n) is 11.7. The normalized spacial score (nSPS) is 34.8. The van der Waals surface area contributed by atoms with Crippen LogP contribution in [0.3, 0.4) is 0 Å². The van der Waals surface area contributed by atoms with Gasteiger partial charge >= 0.3 is 0 Å². The third-order valence-electron chi connectivity index (χ3n) is 4.17. The standard InChI is InChI=1S/C14H28N2S/c1-14(2)8-13(10-17-11-14)16-7-5-4-6-12(16)9-15-3/h12-13,15H,4-11H2,1-3H3. The van der Waals surface area contributed by atoms with Gasteiger partial charge < -0.3 is 5.32 Å². The Bertz CT molecular complexity index is 240. The third kappa shape index (κ3) is 3.62. The lowest BCUT2D eigenvalue weighted by atomic mass is 9.86. The molecule has 2 aliphatic rings. The molecule has 100 valence electrons.